The molecule has 1 saturated heterocycles. The summed E-state index contributed by atoms with van der Waals surface area (Å²) in [7, 11) is 1.62. The molecule has 1 aromatic heterocycles. The number of carbonyl (C=O) groups excluding carboxylic acids is 2. The van der Waals surface area contributed by atoms with Crippen LogP contribution in [0.2, 0.25) is 0 Å². The van der Waals surface area contributed by atoms with E-state index in [0.717, 1.165) is 30.1 Å². The number of hydrogen-bond acceptors (Lipinski definition) is 7. The third kappa shape index (κ3) is 6.39. The largest absolute Gasteiger partial charge is 0.497 e. The molecule has 178 valence electrons. The predicted octanol–water partition coefficient (Wildman–Crippen LogP) is 3.91. The highest BCUT2D eigenvalue weighted by Gasteiger charge is 2.13. The number of ether oxygens (including phenoxy) is 3. The molecule has 1 N–H and O–H groups in total. The van der Waals surface area contributed by atoms with Crippen LogP contribution in [0.25, 0.3) is 11.3 Å². The monoisotopic (exact) mass is 464 g/mol. The number of nitrogens with zero attached hydrogens (tertiary/aromatic N) is 1. The Morgan fingerprint density at radius 3 is 2.41 bits per heavy atom. The first-order chi connectivity index (χ1) is 16.6. The van der Waals surface area contributed by atoms with Crippen molar-refractivity contribution in [3.63, 3.8) is 0 Å². The Morgan fingerprint density at radius 2 is 1.71 bits per heavy atom. The Labute approximate surface area is 198 Å². The van der Waals surface area contributed by atoms with E-state index < -0.39 is 5.97 Å². The zero-order valence-electron chi connectivity index (χ0n) is 19.1. The third-order valence-electron chi connectivity index (χ3n) is 5.50. The fourth-order valence-corrected chi connectivity index (χ4v) is 3.64. The SMILES string of the molecule is COc1ccc(-c2ccc(CCC(=O)OCC(=O)Nc3ccc(N4CCOCC4)cc3)o2)cc1. The highest BCUT2D eigenvalue weighted by atomic mass is 16.5. The molecule has 1 fully saturated rings. The average Bonchev–Trinajstić information content (AvgIpc) is 3.36. The highest BCUT2D eigenvalue weighted by molar-refractivity contribution is 5.93. The van der Waals surface area contributed by atoms with E-state index in [1.54, 1.807) is 7.11 Å². The zero-order valence-corrected chi connectivity index (χ0v) is 19.1. The standard InChI is InChI=1S/C26H28N2O6/c1-31-22-8-2-19(3-9-22)24-12-10-23(34-24)11-13-26(30)33-18-25(29)27-20-4-6-21(7-5-20)28-14-16-32-17-15-28/h2-10,12H,11,13-18H2,1H3,(H,27,29). The van der Waals surface area contributed by atoms with E-state index >= 15 is 0 Å². The summed E-state index contributed by atoms with van der Waals surface area (Å²) in [5.41, 5.74) is 2.66. The number of aryl methyl sites for hydroxylation is 1. The first-order valence-corrected chi connectivity index (χ1v) is 11.2. The van der Waals surface area contributed by atoms with Crippen molar-refractivity contribution in [3.05, 3.63) is 66.4 Å². The minimum absolute atomic E-state index is 0.122. The van der Waals surface area contributed by atoms with Crippen LogP contribution >= 0.6 is 0 Å². The van der Waals surface area contributed by atoms with Gasteiger partial charge >= 0.3 is 5.97 Å². The highest BCUT2D eigenvalue weighted by Crippen LogP contribution is 2.25. The molecule has 1 aliphatic heterocycles. The number of furan rings is 1. The summed E-state index contributed by atoms with van der Waals surface area (Å²) in [6.07, 6.45) is 0.511. The molecule has 3 aromatic rings. The van der Waals surface area contributed by atoms with Crippen LogP contribution in [-0.2, 0) is 25.5 Å². The van der Waals surface area contributed by atoms with Crippen LogP contribution in [0.5, 0.6) is 5.75 Å². The van der Waals surface area contributed by atoms with Crippen molar-refractivity contribution in [3.8, 4) is 17.1 Å². The first kappa shape index (κ1) is 23.4. The van der Waals surface area contributed by atoms with Crippen LogP contribution in [0.1, 0.15) is 12.2 Å². The first-order valence-electron chi connectivity index (χ1n) is 11.2. The number of morpholine rings is 1. The summed E-state index contributed by atoms with van der Waals surface area (Å²) in [5.74, 6) is 1.32. The van der Waals surface area contributed by atoms with Crippen LogP contribution in [0.3, 0.4) is 0 Å². The lowest BCUT2D eigenvalue weighted by atomic mass is 10.2. The molecular formula is C26H28N2O6. The van der Waals surface area contributed by atoms with Gasteiger partial charge in [0.25, 0.3) is 5.91 Å². The summed E-state index contributed by atoms with van der Waals surface area (Å²) in [5, 5.41) is 2.74. The van der Waals surface area contributed by atoms with E-state index in [4.69, 9.17) is 18.6 Å². The molecule has 0 unspecified atom stereocenters. The molecule has 0 aliphatic carbocycles. The van der Waals surface area contributed by atoms with Gasteiger partial charge in [0.1, 0.15) is 17.3 Å². The van der Waals surface area contributed by atoms with Gasteiger partial charge in [-0.1, -0.05) is 0 Å². The Kier molecular flexibility index (Phi) is 7.83. The average molecular weight is 465 g/mol. The van der Waals surface area contributed by atoms with Gasteiger partial charge in [0, 0.05) is 36.4 Å². The van der Waals surface area contributed by atoms with Crippen molar-refractivity contribution >= 4 is 23.3 Å². The quantitative estimate of drug-likeness (QED) is 0.480. The lowest BCUT2D eigenvalue weighted by molar-refractivity contribution is -0.147. The van der Waals surface area contributed by atoms with Gasteiger partial charge in [-0.15, -0.1) is 0 Å². The molecule has 0 saturated carbocycles. The molecule has 2 heterocycles. The lowest BCUT2D eigenvalue weighted by Gasteiger charge is -2.28. The predicted molar refractivity (Wildman–Crippen MR) is 128 cm³/mol. The molecule has 8 heteroatoms. The van der Waals surface area contributed by atoms with Crippen LogP contribution < -0.4 is 15.0 Å². The second-order valence-corrected chi connectivity index (χ2v) is 7.85. The lowest BCUT2D eigenvalue weighted by Crippen LogP contribution is -2.36. The van der Waals surface area contributed by atoms with Crippen LogP contribution in [0, 0.1) is 0 Å². The van der Waals surface area contributed by atoms with Crippen molar-refractivity contribution in [1.82, 2.24) is 0 Å². The van der Waals surface area contributed by atoms with Gasteiger partial charge in [-0.3, -0.25) is 9.59 Å². The van der Waals surface area contributed by atoms with Crippen molar-refractivity contribution in [2.45, 2.75) is 12.8 Å². The Balaban J connectivity index is 1.18. The van der Waals surface area contributed by atoms with Crippen LogP contribution in [0.4, 0.5) is 11.4 Å². The number of esters is 1. The summed E-state index contributed by atoms with van der Waals surface area (Å²) in [6, 6.07) is 18.8. The molecule has 1 amide bonds. The van der Waals surface area contributed by atoms with Crippen molar-refractivity contribution in [2.75, 3.05) is 50.2 Å². The van der Waals surface area contributed by atoms with Crippen molar-refractivity contribution < 1.29 is 28.2 Å². The second kappa shape index (κ2) is 11.4. The van der Waals surface area contributed by atoms with E-state index in [2.05, 4.69) is 10.2 Å². The smallest absolute Gasteiger partial charge is 0.306 e. The summed E-state index contributed by atoms with van der Waals surface area (Å²) in [6.45, 7) is 2.80. The zero-order chi connectivity index (χ0) is 23.8. The van der Waals surface area contributed by atoms with E-state index in [9.17, 15) is 9.59 Å². The van der Waals surface area contributed by atoms with Gasteiger partial charge in [-0.2, -0.15) is 0 Å². The summed E-state index contributed by atoms with van der Waals surface area (Å²) >= 11 is 0. The molecule has 0 spiro atoms. The Morgan fingerprint density at radius 1 is 0.971 bits per heavy atom. The number of rotatable bonds is 9. The number of methoxy groups -OCH3 is 1. The molecule has 8 nitrogen and oxygen atoms in total. The van der Waals surface area contributed by atoms with Gasteiger partial charge in [-0.25, -0.2) is 0 Å². The molecular weight excluding hydrogens is 436 g/mol. The van der Waals surface area contributed by atoms with Gasteiger partial charge in [0.05, 0.1) is 26.7 Å². The van der Waals surface area contributed by atoms with Gasteiger partial charge in [0.15, 0.2) is 6.61 Å². The third-order valence-corrected chi connectivity index (χ3v) is 5.50. The van der Waals surface area contributed by atoms with Gasteiger partial charge in [-0.05, 0) is 60.7 Å². The maximum absolute atomic E-state index is 12.1. The summed E-state index contributed by atoms with van der Waals surface area (Å²) < 4.78 is 21.4. The number of carbonyl (C=O) groups is 2. The maximum Gasteiger partial charge on any atom is 0.306 e. The minimum atomic E-state index is -0.458. The molecule has 4 rings (SSSR count). The van der Waals surface area contributed by atoms with Crippen molar-refractivity contribution in [2.24, 2.45) is 0 Å². The minimum Gasteiger partial charge on any atom is -0.497 e. The van der Waals surface area contributed by atoms with Gasteiger partial charge < -0.3 is 28.8 Å². The topological polar surface area (TPSA) is 90.2 Å². The van der Waals surface area contributed by atoms with Gasteiger partial charge in [0.2, 0.25) is 0 Å². The number of hydrogen-bond donors (Lipinski definition) is 1. The number of nitrogens with one attached hydrogen (secondary N) is 1. The van der Waals surface area contributed by atoms with E-state index in [1.165, 1.54) is 0 Å². The second-order valence-electron chi connectivity index (χ2n) is 7.85. The van der Waals surface area contributed by atoms with E-state index in [-0.39, 0.29) is 18.9 Å². The van der Waals surface area contributed by atoms with Crippen molar-refractivity contribution in [1.29, 1.82) is 0 Å². The molecule has 2 aromatic carbocycles. The maximum atomic E-state index is 12.1. The number of benzene rings is 2. The molecule has 0 atom stereocenters. The normalized spacial score (nSPS) is 13.4. The molecule has 1 aliphatic rings. The molecule has 34 heavy (non-hydrogen) atoms. The van der Waals surface area contributed by atoms with Crippen LogP contribution in [-0.4, -0.2) is 51.9 Å². The summed E-state index contributed by atoms with van der Waals surface area (Å²) in [4.78, 5) is 26.4. The fraction of sp³-hybridized carbons (Fsp3) is 0.308. The Hall–Kier alpha value is -3.78. The number of anilines is 2. The van der Waals surface area contributed by atoms with E-state index in [1.807, 2.05) is 60.7 Å². The molecule has 0 radical (unpaired) electrons. The Bertz CT molecular complexity index is 1090. The number of amides is 1. The fourth-order valence-electron chi connectivity index (χ4n) is 3.64. The van der Waals surface area contributed by atoms with Crippen LogP contribution in [0.15, 0.2) is 65.1 Å². The van der Waals surface area contributed by atoms with E-state index in [0.29, 0.717) is 36.8 Å². The molecule has 0 bridgehead atoms.